The fourth-order valence-corrected chi connectivity index (χ4v) is 5.47. The van der Waals surface area contributed by atoms with Gasteiger partial charge in [0.05, 0.1) is 5.92 Å². The van der Waals surface area contributed by atoms with Crippen LogP contribution >= 0.6 is 0 Å². The van der Waals surface area contributed by atoms with Gasteiger partial charge in [-0.25, -0.2) is 0 Å². The van der Waals surface area contributed by atoms with Crippen LogP contribution in [0.5, 0.6) is 0 Å². The van der Waals surface area contributed by atoms with Crippen LogP contribution in [-0.2, 0) is 30.2 Å². The highest BCUT2D eigenvalue weighted by molar-refractivity contribution is 5.83. The van der Waals surface area contributed by atoms with E-state index in [1.165, 1.54) is 17.9 Å². The van der Waals surface area contributed by atoms with E-state index in [9.17, 15) is 4.79 Å². The molecule has 30 heavy (non-hydrogen) atoms. The van der Waals surface area contributed by atoms with Crippen LogP contribution < -0.4 is 5.32 Å². The number of hydrogen-bond acceptors (Lipinski definition) is 6. The summed E-state index contributed by atoms with van der Waals surface area (Å²) in [7, 11) is 1.61. The lowest BCUT2D eigenvalue weighted by Crippen LogP contribution is -2.70. The van der Waals surface area contributed by atoms with Crippen LogP contribution in [0.25, 0.3) is 10.9 Å². The Bertz CT molecular complexity index is 971. The zero-order valence-corrected chi connectivity index (χ0v) is 17.4. The molecule has 0 spiro atoms. The number of para-hydroxylation sites is 1. The summed E-state index contributed by atoms with van der Waals surface area (Å²) in [5.74, 6) is -1.50. The molecular weight excluding hydrogens is 384 g/mol. The molecule has 1 aromatic carbocycles. The van der Waals surface area contributed by atoms with E-state index >= 15 is 0 Å². The van der Waals surface area contributed by atoms with Crippen molar-refractivity contribution in [2.24, 2.45) is 11.8 Å². The van der Waals surface area contributed by atoms with Crippen LogP contribution in [0.4, 0.5) is 0 Å². The Morgan fingerprint density at radius 3 is 3.03 bits per heavy atom. The van der Waals surface area contributed by atoms with Gasteiger partial charge in [0.25, 0.3) is 0 Å². The van der Waals surface area contributed by atoms with Gasteiger partial charge in [0, 0.05) is 43.6 Å². The fourth-order valence-electron chi connectivity index (χ4n) is 5.47. The molecule has 160 valence electrons. The van der Waals surface area contributed by atoms with Crippen molar-refractivity contribution in [2.75, 3.05) is 13.7 Å². The molecule has 7 nitrogen and oxygen atoms in total. The van der Waals surface area contributed by atoms with Gasteiger partial charge in [0.1, 0.15) is 0 Å². The number of H-pyrrole nitrogens is 1. The number of carbonyl (C=O) groups is 1. The minimum absolute atomic E-state index is 0.112. The van der Waals surface area contributed by atoms with E-state index in [0.29, 0.717) is 6.42 Å². The van der Waals surface area contributed by atoms with Crippen LogP contribution in [0.2, 0.25) is 0 Å². The van der Waals surface area contributed by atoms with E-state index in [4.69, 9.17) is 18.9 Å². The van der Waals surface area contributed by atoms with Crippen molar-refractivity contribution in [2.45, 2.75) is 50.6 Å². The lowest BCUT2D eigenvalue weighted by molar-refractivity contribution is -0.439. The molecule has 2 aromatic rings. The van der Waals surface area contributed by atoms with Gasteiger partial charge < -0.3 is 29.2 Å². The van der Waals surface area contributed by atoms with Gasteiger partial charge in [-0.05, 0) is 42.5 Å². The smallest absolute Gasteiger partial charge is 0.305 e. The first kappa shape index (κ1) is 19.8. The molecule has 0 unspecified atom stereocenters. The second-order valence-electron chi connectivity index (χ2n) is 8.50. The van der Waals surface area contributed by atoms with Crippen molar-refractivity contribution in [1.82, 2.24) is 10.3 Å². The van der Waals surface area contributed by atoms with Gasteiger partial charge in [0.2, 0.25) is 5.79 Å². The first-order chi connectivity index (χ1) is 14.5. The zero-order chi connectivity index (χ0) is 20.9. The van der Waals surface area contributed by atoms with E-state index in [1.807, 2.05) is 6.07 Å². The molecule has 4 heterocycles. The van der Waals surface area contributed by atoms with E-state index in [1.54, 1.807) is 7.11 Å². The summed E-state index contributed by atoms with van der Waals surface area (Å²) < 4.78 is 23.3. The number of aromatic amines is 1. The molecule has 7 heteroatoms. The minimum Gasteiger partial charge on any atom is -0.433 e. The molecule has 6 atom stereocenters. The van der Waals surface area contributed by atoms with Crippen molar-refractivity contribution in [3.05, 3.63) is 48.2 Å². The summed E-state index contributed by atoms with van der Waals surface area (Å²) in [6.07, 6.45) is 3.37. The Morgan fingerprint density at radius 1 is 1.40 bits per heavy atom. The molecule has 4 bridgehead atoms. The largest absolute Gasteiger partial charge is 0.433 e. The molecule has 6 rings (SSSR count). The summed E-state index contributed by atoms with van der Waals surface area (Å²) in [5, 5.41) is 4.91. The Hall–Kier alpha value is -2.19. The van der Waals surface area contributed by atoms with Gasteiger partial charge in [-0.1, -0.05) is 24.8 Å². The Kier molecular flexibility index (Phi) is 4.94. The lowest BCUT2D eigenvalue weighted by Gasteiger charge is -2.60. The summed E-state index contributed by atoms with van der Waals surface area (Å²) in [4.78, 5) is 15.3. The third-order valence-electron chi connectivity index (χ3n) is 6.70. The summed E-state index contributed by atoms with van der Waals surface area (Å²) in [6, 6.07) is 8.47. The number of nitrogens with one attached hydrogen (secondary N) is 2. The third-order valence-corrected chi connectivity index (χ3v) is 6.70. The topological polar surface area (TPSA) is 81.8 Å². The average Bonchev–Trinajstić information content (AvgIpc) is 3.13. The summed E-state index contributed by atoms with van der Waals surface area (Å²) >= 11 is 0. The number of methoxy groups -OCH3 is 1. The predicted molar refractivity (Wildman–Crippen MR) is 110 cm³/mol. The van der Waals surface area contributed by atoms with E-state index in [-0.39, 0.29) is 23.8 Å². The standard InChI is InChI=1S/C23H28N2O5/c1-13-18-10-16(24-9-8-15-12-25-19-7-5-4-6-17(15)19)11-23(29-14(2)26)20(18)22(27-3)28-21(13)30-23/h4-7,12,16,18,20-22,24-25H,1,8-11H2,2-3H3/t16-,18+,20-,21-,22-,23+/m1/s1. The van der Waals surface area contributed by atoms with Gasteiger partial charge >= 0.3 is 5.97 Å². The van der Waals surface area contributed by atoms with Gasteiger partial charge in [-0.3, -0.25) is 4.79 Å². The van der Waals surface area contributed by atoms with Crippen molar-refractivity contribution in [3.8, 4) is 0 Å². The SMILES string of the molecule is C=C1[C@@H]2O[C@@H](OC)[C@H]3[C@H]1C[C@@H](NCCc1c[nH]c4ccccc14)C[C@]3(OC(C)=O)O2. The molecule has 3 saturated heterocycles. The van der Waals surface area contributed by atoms with Gasteiger partial charge in [0.15, 0.2) is 12.6 Å². The van der Waals surface area contributed by atoms with Crippen molar-refractivity contribution >= 4 is 16.9 Å². The molecule has 1 saturated carbocycles. The van der Waals surface area contributed by atoms with Gasteiger partial charge in [-0.15, -0.1) is 0 Å². The van der Waals surface area contributed by atoms with Crippen molar-refractivity contribution in [3.63, 3.8) is 0 Å². The molecule has 3 aliphatic heterocycles. The Balaban J connectivity index is 1.31. The number of ether oxygens (including phenoxy) is 4. The van der Waals surface area contributed by atoms with Crippen molar-refractivity contribution < 1.29 is 23.7 Å². The Labute approximate surface area is 175 Å². The molecule has 2 N–H and O–H groups in total. The maximum Gasteiger partial charge on any atom is 0.305 e. The summed E-state index contributed by atoms with van der Waals surface area (Å²) in [6.45, 7) is 6.45. The van der Waals surface area contributed by atoms with Crippen LogP contribution in [0.15, 0.2) is 42.6 Å². The lowest BCUT2D eigenvalue weighted by atomic mass is 9.66. The molecule has 1 aromatic heterocycles. The first-order valence-electron chi connectivity index (χ1n) is 10.5. The van der Waals surface area contributed by atoms with Crippen LogP contribution in [0.1, 0.15) is 25.3 Å². The van der Waals surface area contributed by atoms with Gasteiger partial charge in [-0.2, -0.15) is 0 Å². The molecule has 1 aliphatic carbocycles. The molecule has 0 radical (unpaired) electrons. The maximum atomic E-state index is 11.9. The average molecular weight is 412 g/mol. The number of aromatic nitrogens is 1. The number of rotatable bonds is 6. The van der Waals surface area contributed by atoms with Crippen LogP contribution in [0.3, 0.4) is 0 Å². The second-order valence-corrected chi connectivity index (χ2v) is 8.50. The number of benzene rings is 1. The Morgan fingerprint density at radius 2 is 2.23 bits per heavy atom. The van der Waals surface area contributed by atoms with E-state index < -0.39 is 18.4 Å². The number of esters is 1. The van der Waals surface area contributed by atoms with E-state index in [2.05, 4.69) is 41.3 Å². The van der Waals surface area contributed by atoms with Crippen LogP contribution in [-0.4, -0.2) is 49.0 Å². The normalized spacial score (nSPS) is 35.0. The second kappa shape index (κ2) is 7.50. The summed E-state index contributed by atoms with van der Waals surface area (Å²) in [5.41, 5.74) is 3.34. The maximum absolute atomic E-state index is 11.9. The quantitative estimate of drug-likeness (QED) is 0.561. The monoisotopic (exact) mass is 412 g/mol. The minimum atomic E-state index is -1.04. The molecular formula is C23H28N2O5. The number of fused-ring (bicyclic) bond motifs is 2. The zero-order valence-electron chi connectivity index (χ0n) is 17.4. The third kappa shape index (κ3) is 3.17. The van der Waals surface area contributed by atoms with Crippen molar-refractivity contribution in [1.29, 1.82) is 0 Å². The number of hydrogen-bond donors (Lipinski definition) is 2. The van der Waals surface area contributed by atoms with E-state index in [0.717, 1.165) is 30.5 Å². The molecule has 4 aliphatic rings. The highest BCUT2D eigenvalue weighted by Crippen LogP contribution is 2.56. The highest BCUT2D eigenvalue weighted by atomic mass is 16.8. The number of carbonyl (C=O) groups excluding carboxylic acids is 1. The predicted octanol–water partition coefficient (Wildman–Crippen LogP) is 2.87. The molecule has 4 fully saturated rings. The first-order valence-corrected chi connectivity index (χ1v) is 10.5. The molecule has 0 amide bonds. The highest BCUT2D eigenvalue weighted by Gasteiger charge is 2.65. The fraction of sp³-hybridized carbons (Fsp3) is 0.522. The van der Waals surface area contributed by atoms with Crippen LogP contribution in [0, 0.1) is 11.8 Å².